The Morgan fingerprint density at radius 3 is 2.45 bits per heavy atom. The Hall–Kier alpha value is -1.30. The maximum Gasteiger partial charge on any atom is 0.315 e. The second-order valence-electron chi connectivity index (χ2n) is 5.94. The number of rotatable bonds is 4. The molecule has 1 unspecified atom stereocenters. The van der Waals surface area contributed by atoms with Gasteiger partial charge < -0.3 is 21.7 Å². The van der Waals surface area contributed by atoms with E-state index in [2.05, 4.69) is 5.32 Å². The first-order valence-electron chi connectivity index (χ1n) is 7.70. The number of hydrogen-bond donors (Lipinski definition) is 3. The third kappa shape index (κ3) is 3.42. The molecule has 0 radical (unpaired) electrons. The van der Waals surface area contributed by atoms with Gasteiger partial charge in [0.15, 0.2) is 0 Å². The SMILES string of the molecule is NCC(NC(=O)[C@@H]1CCCN1C(N)=O)C1CCCCC1. The summed E-state index contributed by atoms with van der Waals surface area (Å²) in [4.78, 5) is 25.1. The van der Waals surface area contributed by atoms with Crippen LogP contribution in [0.1, 0.15) is 44.9 Å². The molecular formula is C14H26N4O2. The van der Waals surface area contributed by atoms with Gasteiger partial charge in [0.25, 0.3) is 0 Å². The van der Waals surface area contributed by atoms with Crippen LogP contribution >= 0.6 is 0 Å². The van der Waals surface area contributed by atoms with Crippen molar-refractivity contribution in [1.82, 2.24) is 10.2 Å². The molecule has 0 aromatic rings. The molecule has 0 aromatic heterocycles. The molecule has 2 fully saturated rings. The number of nitrogens with one attached hydrogen (secondary N) is 1. The van der Waals surface area contributed by atoms with Gasteiger partial charge in [0.2, 0.25) is 5.91 Å². The molecule has 6 heteroatoms. The van der Waals surface area contributed by atoms with Gasteiger partial charge in [0.1, 0.15) is 6.04 Å². The smallest absolute Gasteiger partial charge is 0.315 e. The predicted molar refractivity (Wildman–Crippen MR) is 76.9 cm³/mol. The zero-order valence-corrected chi connectivity index (χ0v) is 12.0. The molecule has 1 heterocycles. The van der Waals surface area contributed by atoms with Crippen molar-refractivity contribution < 1.29 is 9.59 Å². The van der Waals surface area contributed by atoms with Crippen molar-refractivity contribution in [3.05, 3.63) is 0 Å². The van der Waals surface area contributed by atoms with Crippen LogP contribution in [0.15, 0.2) is 0 Å². The summed E-state index contributed by atoms with van der Waals surface area (Å²) in [5, 5.41) is 3.05. The molecular weight excluding hydrogens is 256 g/mol. The molecule has 0 aromatic carbocycles. The molecule has 5 N–H and O–H groups in total. The van der Waals surface area contributed by atoms with E-state index in [-0.39, 0.29) is 11.9 Å². The summed E-state index contributed by atoms with van der Waals surface area (Å²) >= 11 is 0. The average Bonchev–Trinajstić information content (AvgIpc) is 2.95. The number of carbonyl (C=O) groups excluding carboxylic acids is 2. The molecule has 0 bridgehead atoms. The number of nitrogens with zero attached hydrogens (tertiary/aromatic N) is 1. The molecule has 3 amide bonds. The highest BCUT2D eigenvalue weighted by molar-refractivity contribution is 5.87. The van der Waals surface area contributed by atoms with E-state index in [9.17, 15) is 9.59 Å². The third-order valence-corrected chi connectivity index (χ3v) is 4.64. The number of primary amides is 1. The Bertz CT molecular complexity index is 355. The maximum absolute atomic E-state index is 12.4. The minimum Gasteiger partial charge on any atom is -0.351 e. The molecule has 1 aliphatic carbocycles. The zero-order chi connectivity index (χ0) is 14.5. The van der Waals surface area contributed by atoms with E-state index in [1.807, 2.05) is 0 Å². The standard InChI is InChI=1S/C14H26N4O2/c15-9-11(10-5-2-1-3-6-10)17-13(19)12-7-4-8-18(12)14(16)20/h10-12H,1-9,15H2,(H2,16,20)(H,17,19)/t11?,12-/m0/s1. The second-order valence-corrected chi connectivity index (χ2v) is 5.94. The van der Waals surface area contributed by atoms with Crippen molar-refractivity contribution in [2.75, 3.05) is 13.1 Å². The first-order valence-corrected chi connectivity index (χ1v) is 7.70. The van der Waals surface area contributed by atoms with Crippen molar-refractivity contribution in [2.24, 2.45) is 17.4 Å². The average molecular weight is 282 g/mol. The van der Waals surface area contributed by atoms with Gasteiger partial charge in [-0.05, 0) is 31.6 Å². The summed E-state index contributed by atoms with van der Waals surface area (Å²) in [5.74, 6) is 0.378. The second kappa shape index (κ2) is 6.92. The van der Waals surface area contributed by atoms with Crippen LogP contribution in [0.4, 0.5) is 4.79 Å². The van der Waals surface area contributed by atoms with Gasteiger partial charge in [-0.15, -0.1) is 0 Å². The molecule has 1 saturated carbocycles. The van der Waals surface area contributed by atoms with Gasteiger partial charge in [-0.1, -0.05) is 19.3 Å². The predicted octanol–water partition coefficient (Wildman–Crippen LogP) is 0.553. The van der Waals surface area contributed by atoms with Crippen molar-refractivity contribution in [2.45, 2.75) is 57.0 Å². The highest BCUT2D eigenvalue weighted by atomic mass is 16.2. The summed E-state index contributed by atoms with van der Waals surface area (Å²) in [6, 6.07) is -0.895. The topological polar surface area (TPSA) is 101 Å². The van der Waals surface area contributed by atoms with Crippen molar-refractivity contribution in [3.8, 4) is 0 Å². The van der Waals surface area contributed by atoms with Gasteiger partial charge in [-0.3, -0.25) is 4.79 Å². The van der Waals surface area contributed by atoms with E-state index >= 15 is 0 Å². The van der Waals surface area contributed by atoms with Gasteiger partial charge in [-0.2, -0.15) is 0 Å². The van der Waals surface area contributed by atoms with E-state index in [1.54, 1.807) is 0 Å². The van der Waals surface area contributed by atoms with Gasteiger partial charge in [0.05, 0.1) is 0 Å². The monoisotopic (exact) mass is 282 g/mol. The summed E-state index contributed by atoms with van der Waals surface area (Å²) < 4.78 is 0. The molecule has 1 saturated heterocycles. The molecule has 2 atom stereocenters. The number of nitrogens with two attached hydrogens (primary N) is 2. The Kier molecular flexibility index (Phi) is 5.23. The van der Waals surface area contributed by atoms with Crippen molar-refractivity contribution in [1.29, 1.82) is 0 Å². The van der Waals surface area contributed by atoms with Crippen LogP contribution in [0.25, 0.3) is 0 Å². The summed E-state index contributed by atoms with van der Waals surface area (Å²) in [6.07, 6.45) is 7.49. The normalized spacial score (nSPS) is 25.4. The minimum atomic E-state index is -0.510. The molecule has 2 rings (SSSR count). The number of likely N-dealkylation sites (tertiary alicyclic amines) is 1. The molecule has 1 aliphatic heterocycles. The third-order valence-electron chi connectivity index (χ3n) is 4.64. The molecule has 114 valence electrons. The molecule has 2 aliphatic rings. The van der Waals surface area contributed by atoms with Crippen molar-refractivity contribution in [3.63, 3.8) is 0 Å². The fourth-order valence-electron chi connectivity index (χ4n) is 3.49. The quantitative estimate of drug-likeness (QED) is 0.702. The Balaban J connectivity index is 1.92. The van der Waals surface area contributed by atoms with Gasteiger partial charge in [-0.25, -0.2) is 4.79 Å². The van der Waals surface area contributed by atoms with Crippen LogP contribution in [0.3, 0.4) is 0 Å². The maximum atomic E-state index is 12.4. The minimum absolute atomic E-state index is 0.0260. The lowest BCUT2D eigenvalue weighted by Gasteiger charge is -2.32. The first kappa shape index (κ1) is 15.1. The van der Waals surface area contributed by atoms with E-state index in [0.717, 1.165) is 19.3 Å². The largest absolute Gasteiger partial charge is 0.351 e. The summed E-state index contributed by atoms with van der Waals surface area (Å²) in [6.45, 7) is 1.03. The number of carbonyl (C=O) groups is 2. The van der Waals surface area contributed by atoms with E-state index in [1.165, 1.54) is 24.2 Å². The van der Waals surface area contributed by atoms with E-state index in [0.29, 0.717) is 25.4 Å². The molecule has 0 spiro atoms. The van der Waals surface area contributed by atoms with Gasteiger partial charge in [0, 0.05) is 19.1 Å². The van der Waals surface area contributed by atoms with Crippen LogP contribution in [-0.2, 0) is 4.79 Å². The van der Waals surface area contributed by atoms with E-state index < -0.39 is 12.1 Å². The highest BCUT2D eigenvalue weighted by Gasteiger charge is 2.34. The van der Waals surface area contributed by atoms with Gasteiger partial charge >= 0.3 is 6.03 Å². The number of urea groups is 1. The van der Waals surface area contributed by atoms with Crippen LogP contribution in [0.2, 0.25) is 0 Å². The lowest BCUT2D eigenvalue weighted by molar-refractivity contribution is -0.125. The van der Waals surface area contributed by atoms with Crippen LogP contribution in [0, 0.1) is 5.92 Å². The first-order chi connectivity index (χ1) is 9.63. The lowest BCUT2D eigenvalue weighted by atomic mass is 9.84. The van der Waals surface area contributed by atoms with Crippen LogP contribution in [-0.4, -0.2) is 42.0 Å². The lowest BCUT2D eigenvalue weighted by Crippen LogP contribution is -2.53. The highest BCUT2D eigenvalue weighted by Crippen LogP contribution is 2.26. The van der Waals surface area contributed by atoms with Crippen molar-refractivity contribution >= 4 is 11.9 Å². The number of hydrogen-bond acceptors (Lipinski definition) is 3. The number of amides is 3. The molecule has 6 nitrogen and oxygen atoms in total. The fraction of sp³-hybridized carbons (Fsp3) is 0.857. The summed E-state index contributed by atoms with van der Waals surface area (Å²) in [7, 11) is 0. The van der Waals surface area contributed by atoms with Crippen LogP contribution in [0.5, 0.6) is 0 Å². The van der Waals surface area contributed by atoms with E-state index in [4.69, 9.17) is 11.5 Å². The summed E-state index contributed by atoms with van der Waals surface area (Å²) in [5.41, 5.74) is 11.1. The fourth-order valence-corrected chi connectivity index (χ4v) is 3.49. The molecule has 20 heavy (non-hydrogen) atoms. The van der Waals surface area contributed by atoms with Crippen LogP contribution < -0.4 is 16.8 Å². The Labute approximate surface area is 120 Å². The zero-order valence-electron chi connectivity index (χ0n) is 12.0. The Morgan fingerprint density at radius 1 is 1.15 bits per heavy atom. The Morgan fingerprint density at radius 2 is 1.85 bits per heavy atom.